The van der Waals surface area contributed by atoms with E-state index in [-0.39, 0.29) is 12.0 Å². The van der Waals surface area contributed by atoms with Crippen molar-refractivity contribution in [1.29, 1.82) is 0 Å². The van der Waals surface area contributed by atoms with Crippen molar-refractivity contribution in [3.8, 4) is 0 Å². The van der Waals surface area contributed by atoms with E-state index in [1.165, 1.54) is 0 Å². The van der Waals surface area contributed by atoms with Gasteiger partial charge < -0.3 is 10.2 Å². The minimum absolute atomic E-state index is 0.0580. The lowest BCUT2D eigenvalue weighted by atomic mass is 9.99. The Morgan fingerprint density at radius 1 is 1.21 bits per heavy atom. The summed E-state index contributed by atoms with van der Waals surface area (Å²) in [6.45, 7) is 5.41. The van der Waals surface area contributed by atoms with Crippen molar-refractivity contribution in [1.82, 2.24) is 5.32 Å². The number of aliphatic hydroxyl groups is 1. The zero-order valence-corrected chi connectivity index (χ0v) is 12.1. The number of aliphatic hydroxyl groups excluding tert-OH is 1. The highest BCUT2D eigenvalue weighted by atomic mass is 35.5. The van der Waals surface area contributed by atoms with Crippen LogP contribution in [0.25, 0.3) is 0 Å². The van der Waals surface area contributed by atoms with Crippen LogP contribution in [0.1, 0.15) is 32.4 Å². The van der Waals surface area contributed by atoms with Crippen molar-refractivity contribution in [2.75, 3.05) is 0 Å². The van der Waals surface area contributed by atoms with Crippen LogP contribution in [0.15, 0.2) is 24.3 Å². The molecule has 3 unspecified atom stereocenters. The van der Waals surface area contributed by atoms with Gasteiger partial charge in [-0.3, -0.25) is 10.1 Å². The normalized spacial score (nSPS) is 16.1. The topological polar surface area (TPSA) is 69.6 Å². The zero-order valence-electron chi connectivity index (χ0n) is 11.3. The third-order valence-corrected chi connectivity index (χ3v) is 3.31. The van der Waals surface area contributed by atoms with Crippen molar-refractivity contribution in [3.05, 3.63) is 34.9 Å². The second-order valence-electron chi connectivity index (χ2n) is 5.01. The van der Waals surface area contributed by atoms with Gasteiger partial charge in [-0.2, -0.15) is 0 Å². The van der Waals surface area contributed by atoms with Crippen LogP contribution in [0.5, 0.6) is 0 Å². The summed E-state index contributed by atoms with van der Waals surface area (Å²) in [5, 5.41) is 22.9. The van der Waals surface area contributed by atoms with Crippen LogP contribution in [-0.2, 0) is 4.79 Å². The molecule has 0 spiro atoms. The van der Waals surface area contributed by atoms with Gasteiger partial charge in [-0.1, -0.05) is 37.6 Å². The summed E-state index contributed by atoms with van der Waals surface area (Å²) in [5.41, 5.74) is 0.706. The van der Waals surface area contributed by atoms with Crippen molar-refractivity contribution >= 4 is 17.6 Å². The Labute approximate surface area is 118 Å². The van der Waals surface area contributed by atoms with Crippen molar-refractivity contribution < 1.29 is 15.0 Å². The van der Waals surface area contributed by atoms with E-state index in [2.05, 4.69) is 5.32 Å². The molecule has 0 bridgehead atoms. The second-order valence-corrected chi connectivity index (χ2v) is 5.45. The Kier molecular flexibility index (Phi) is 5.79. The maximum absolute atomic E-state index is 11.1. The number of halogens is 1. The average molecular weight is 286 g/mol. The van der Waals surface area contributed by atoms with Gasteiger partial charge in [-0.15, -0.1) is 0 Å². The molecule has 0 radical (unpaired) electrons. The number of aliphatic carboxylic acids is 1. The van der Waals surface area contributed by atoms with E-state index in [4.69, 9.17) is 16.7 Å². The van der Waals surface area contributed by atoms with Crippen LogP contribution in [0.3, 0.4) is 0 Å². The van der Waals surface area contributed by atoms with E-state index >= 15 is 0 Å². The molecule has 0 amide bonds. The Bertz CT molecular complexity index is 419. The Hall–Kier alpha value is -1.10. The van der Waals surface area contributed by atoms with Crippen LogP contribution in [0.4, 0.5) is 0 Å². The minimum Gasteiger partial charge on any atom is -0.480 e. The van der Waals surface area contributed by atoms with Gasteiger partial charge >= 0.3 is 5.97 Å². The predicted molar refractivity (Wildman–Crippen MR) is 75.3 cm³/mol. The fraction of sp³-hybridized carbons (Fsp3) is 0.500. The smallest absolute Gasteiger partial charge is 0.320 e. The van der Waals surface area contributed by atoms with Gasteiger partial charge in [0.1, 0.15) is 6.04 Å². The third kappa shape index (κ3) is 4.49. The molecule has 5 heteroatoms. The highest BCUT2D eigenvalue weighted by Gasteiger charge is 2.26. The van der Waals surface area contributed by atoms with E-state index in [9.17, 15) is 9.90 Å². The number of hydrogen-bond acceptors (Lipinski definition) is 3. The lowest BCUT2D eigenvalue weighted by Gasteiger charge is -2.26. The lowest BCUT2D eigenvalue weighted by molar-refractivity contribution is -0.141. The molecule has 106 valence electrons. The highest BCUT2D eigenvalue weighted by Crippen LogP contribution is 2.20. The molecular weight excluding hydrogens is 266 g/mol. The highest BCUT2D eigenvalue weighted by molar-refractivity contribution is 6.30. The molecule has 1 aromatic carbocycles. The minimum atomic E-state index is -0.912. The number of carboxylic acid groups (broad SMARTS) is 1. The molecule has 0 aromatic heterocycles. The first-order valence-electron chi connectivity index (χ1n) is 6.25. The number of carboxylic acids is 1. The van der Waals surface area contributed by atoms with Gasteiger partial charge in [0.15, 0.2) is 0 Å². The molecule has 0 aliphatic heterocycles. The fourth-order valence-electron chi connectivity index (χ4n) is 1.87. The van der Waals surface area contributed by atoms with Crippen LogP contribution < -0.4 is 5.32 Å². The molecule has 1 aromatic rings. The third-order valence-electron chi connectivity index (χ3n) is 3.06. The SMILES string of the molecule is CC(C)C(NC(C)C(O)c1ccc(Cl)cc1)C(=O)O. The van der Waals surface area contributed by atoms with Crippen molar-refractivity contribution in [3.63, 3.8) is 0 Å². The maximum Gasteiger partial charge on any atom is 0.320 e. The molecular formula is C14H20ClNO3. The Morgan fingerprint density at radius 3 is 2.16 bits per heavy atom. The molecule has 19 heavy (non-hydrogen) atoms. The van der Waals surface area contributed by atoms with E-state index in [1.54, 1.807) is 31.2 Å². The first-order chi connectivity index (χ1) is 8.82. The van der Waals surface area contributed by atoms with Gasteiger partial charge in [0, 0.05) is 11.1 Å². The summed E-state index contributed by atoms with van der Waals surface area (Å²) in [6, 6.07) is 5.81. The first kappa shape index (κ1) is 16.0. The summed E-state index contributed by atoms with van der Waals surface area (Å²) in [7, 11) is 0. The molecule has 3 atom stereocenters. The molecule has 0 fully saturated rings. The van der Waals surface area contributed by atoms with Crippen LogP contribution in [0, 0.1) is 5.92 Å². The molecule has 0 saturated carbocycles. The molecule has 0 aliphatic carbocycles. The Morgan fingerprint density at radius 2 is 1.74 bits per heavy atom. The van der Waals surface area contributed by atoms with Crippen LogP contribution >= 0.6 is 11.6 Å². The first-order valence-corrected chi connectivity index (χ1v) is 6.63. The number of carbonyl (C=O) groups is 1. The van der Waals surface area contributed by atoms with Gasteiger partial charge in [0.25, 0.3) is 0 Å². The molecule has 4 nitrogen and oxygen atoms in total. The molecule has 0 aliphatic rings. The standard InChI is InChI=1S/C14H20ClNO3/c1-8(2)12(14(18)19)16-9(3)13(17)10-4-6-11(15)7-5-10/h4-9,12-13,16-17H,1-3H3,(H,18,19). The van der Waals surface area contributed by atoms with Crippen molar-refractivity contribution in [2.45, 2.75) is 39.0 Å². The monoisotopic (exact) mass is 285 g/mol. The van der Waals surface area contributed by atoms with Crippen LogP contribution in [0.2, 0.25) is 5.02 Å². The average Bonchev–Trinajstić information content (AvgIpc) is 2.34. The predicted octanol–water partition coefficient (Wildman–Crippen LogP) is 2.46. The summed E-state index contributed by atoms with van der Waals surface area (Å²) in [6.07, 6.45) is -0.780. The molecule has 0 heterocycles. The Balaban J connectivity index is 2.73. The fourth-order valence-corrected chi connectivity index (χ4v) is 2.00. The number of nitrogens with one attached hydrogen (secondary N) is 1. The zero-order chi connectivity index (χ0) is 14.6. The molecule has 3 N–H and O–H groups in total. The largest absolute Gasteiger partial charge is 0.480 e. The van der Waals surface area contributed by atoms with Gasteiger partial charge in [-0.25, -0.2) is 0 Å². The van der Waals surface area contributed by atoms with Gasteiger partial charge in [-0.05, 0) is 30.5 Å². The summed E-state index contributed by atoms with van der Waals surface area (Å²) in [5.74, 6) is -0.970. The summed E-state index contributed by atoms with van der Waals surface area (Å²) in [4.78, 5) is 11.1. The van der Waals surface area contributed by atoms with E-state index in [0.717, 1.165) is 0 Å². The number of benzene rings is 1. The summed E-state index contributed by atoms with van der Waals surface area (Å²) >= 11 is 5.79. The van der Waals surface area contributed by atoms with Crippen molar-refractivity contribution in [2.24, 2.45) is 5.92 Å². The van der Waals surface area contributed by atoms with Gasteiger partial charge in [0.05, 0.1) is 6.10 Å². The van der Waals surface area contributed by atoms with E-state index in [0.29, 0.717) is 10.6 Å². The van der Waals surface area contributed by atoms with E-state index in [1.807, 2.05) is 13.8 Å². The summed E-state index contributed by atoms with van der Waals surface area (Å²) < 4.78 is 0. The number of rotatable bonds is 6. The van der Waals surface area contributed by atoms with E-state index < -0.39 is 18.1 Å². The lowest BCUT2D eigenvalue weighted by Crippen LogP contribution is -2.47. The molecule has 1 rings (SSSR count). The van der Waals surface area contributed by atoms with Gasteiger partial charge in [0.2, 0.25) is 0 Å². The molecule has 0 saturated heterocycles. The second kappa shape index (κ2) is 6.89. The maximum atomic E-state index is 11.1. The number of hydrogen-bond donors (Lipinski definition) is 3. The quantitative estimate of drug-likeness (QED) is 0.751. The van der Waals surface area contributed by atoms with Crippen LogP contribution in [-0.4, -0.2) is 28.3 Å².